The van der Waals surface area contributed by atoms with Crippen molar-refractivity contribution in [2.45, 2.75) is 12.1 Å². The number of nitrogen functional groups attached to an aromatic ring is 1. The molecule has 2 aromatic rings. The van der Waals surface area contributed by atoms with E-state index in [-0.39, 0.29) is 5.91 Å². The van der Waals surface area contributed by atoms with Crippen molar-refractivity contribution < 1.29 is 9.21 Å². The van der Waals surface area contributed by atoms with Crippen LogP contribution in [0.4, 0.5) is 0 Å². The molecule has 0 saturated carbocycles. The van der Waals surface area contributed by atoms with E-state index in [1.54, 1.807) is 18.4 Å². The summed E-state index contributed by atoms with van der Waals surface area (Å²) in [7, 11) is 0. The van der Waals surface area contributed by atoms with Crippen molar-refractivity contribution in [2.24, 2.45) is 0 Å². The molecular formula is C10H13N5O2S. The summed E-state index contributed by atoms with van der Waals surface area (Å²) >= 11 is 1.42. The third kappa shape index (κ3) is 2.83. The van der Waals surface area contributed by atoms with Gasteiger partial charge in [0.2, 0.25) is 16.9 Å². The summed E-state index contributed by atoms with van der Waals surface area (Å²) in [5, 5.41) is 11.2. The maximum atomic E-state index is 10.7. The topological polar surface area (TPSA) is 99.0 Å². The summed E-state index contributed by atoms with van der Waals surface area (Å²) in [4.78, 5) is 10.7. The quantitative estimate of drug-likeness (QED) is 0.464. The predicted octanol–water partition coefficient (Wildman–Crippen LogP) is 0.480. The Morgan fingerprint density at radius 3 is 3.11 bits per heavy atom. The normalized spacial score (nSPS) is 10.5. The summed E-state index contributed by atoms with van der Waals surface area (Å²) in [5.41, 5.74) is 0. The molecule has 8 heteroatoms. The minimum atomic E-state index is -0.0545. The van der Waals surface area contributed by atoms with Crippen molar-refractivity contribution in [3.05, 3.63) is 18.4 Å². The minimum Gasteiger partial charge on any atom is -0.461 e. The molecule has 18 heavy (non-hydrogen) atoms. The second kappa shape index (κ2) is 5.58. The van der Waals surface area contributed by atoms with E-state index in [1.165, 1.54) is 23.4 Å². The van der Waals surface area contributed by atoms with Gasteiger partial charge in [0.1, 0.15) is 0 Å². The maximum absolute atomic E-state index is 10.7. The van der Waals surface area contributed by atoms with Gasteiger partial charge >= 0.3 is 0 Å². The second-order valence-electron chi connectivity index (χ2n) is 3.48. The summed E-state index contributed by atoms with van der Waals surface area (Å²) in [6.07, 6.45) is 1.55. The number of carbonyl (C=O) groups is 1. The van der Waals surface area contributed by atoms with Gasteiger partial charge in [0.15, 0.2) is 5.76 Å². The molecule has 3 N–H and O–H groups in total. The van der Waals surface area contributed by atoms with Crippen molar-refractivity contribution in [3.63, 3.8) is 0 Å². The molecule has 0 aliphatic carbocycles. The Labute approximate surface area is 108 Å². The number of furan rings is 1. The molecule has 0 spiro atoms. The van der Waals surface area contributed by atoms with Gasteiger partial charge in [-0.15, -0.1) is 10.2 Å². The number of nitrogens with two attached hydrogens (primary N) is 1. The van der Waals surface area contributed by atoms with Gasteiger partial charge in [-0.25, -0.2) is 4.68 Å². The monoisotopic (exact) mass is 267 g/mol. The predicted molar refractivity (Wildman–Crippen MR) is 67.3 cm³/mol. The fourth-order valence-electron chi connectivity index (χ4n) is 1.32. The van der Waals surface area contributed by atoms with Crippen LogP contribution < -0.4 is 11.2 Å². The Balaban J connectivity index is 1.96. The van der Waals surface area contributed by atoms with Crippen LogP contribution in [0.25, 0.3) is 11.6 Å². The molecule has 0 fully saturated rings. The van der Waals surface area contributed by atoms with Crippen molar-refractivity contribution >= 4 is 17.7 Å². The molecule has 2 heterocycles. The van der Waals surface area contributed by atoms with Crippen molar-refractivity contribution in [3.8, 4) is 11.6 Å². The number of amides is 1. The van der Waals surface area contributed by atoms with Crippen LogP contribution >= 0.6 is 11.8 Å². The molecule has 7 nitrogen and oxygen atoms in total. The number of hydrogen-bond acceptors (Lipinski definition) is 6. The van der Waals surface area contributed by atoms with E-state index in [9.17, 15) is 4.79 Å². The van der Waals surface area contributed by atoms with Crippen LogP contribution in [-0.2, 0) is 4.79 Å². The van der Waals surface area contributed by atoms with Gasteiger partial charge in [0.25, 0.3) is 0 Å². The third-order valence-electron chi connectivity index (χ3n) is 2.11. The number of nitrogens with zero attached hydrogens (tertiary/aromatic N) is 3. The largest absolute Gasteiger partial charge is 0.461 e. The van der Waals surface area contributed by atoms with E-state index in [0.29, 0.717) is 29.0 Å². The molecule has 2 rings (SSSR count). The van der Waals surface area contributed by atoms with E-state index in [2.05, 4.69) is 15.5 Å². The molecule has 0 aliphatic rings. The van der Waals surface area contributed by atoms with Gasteiger partial charge in [-0.05, 0) is 12.1 Å². The van der Waals surface area contributed by atoms with Gasteiger partial charge in [-0.2, -0.15) is 0 Å². The fourth-order valence-corrected chi connectivity index (χ4v) is 2.03. The summed E-state index contributed by atoms with van der Waals surface area (Å²) in [6.45, 7) is 2.04. The van der Waals surface area contributed by atoms with Crippen LogP contribution in [0.1, 0.15) is 6.92 Å². The SMILES string of the molecule is CC(=O)NCCSc1nnc(-c2ccco2)n1N. The van der Waals surface area contributed by atoms with E-state index >= 15 is 0 Å². The maximum Gasteiger partial charge on any atom is 0.218 e. The highest BCUT2D eigenvalue weighted by molar-refractivity contribution is 7.99. The lowest BCUT2D eigenvalue weighted by Gasteiger charge is -2.02. The first kappa shape index (κ1) is 12.5. The van der Waals surface area contributed by atoms with E-state index < -0.39 is 0 Å². The number of thioether (sulfide) groups is 1. The highest BCUT2D eigenvalue weighted by Gasteiger charge is 2.13. The number of aromatic nitrogens is 3. The Hall–Kier alpha value is -1.96. The molecule has 0 bridgehead atoms. The number of hydrogen-bond donors (Lipinski definition) is 2. The highest BCUT2D eigenvalue weighted by atomic mass is 32.2. The van der Waals surface area contributed by atoms with Crippen LogP contribution in [0.2, 0.25) is 0 Å². The van der Waals surface area contributed by atoms with Gasteiger partial charge in [0, 0.05) is 19.2 Å². The van der Waals surface area contributed by atoms with Crippen molar-refractivity contribution in [2.75, 3.05) is 18.1 Å². The first-order valence-electron chi connectivity index (χ1n) is 5.30. The molecule has 1 amide bonds. The lowest BCUT2D eigenvalue weighted by Crippen LogP contribution is -2.22. The van der Waals surface area contributed by atoms with Crippen molar-refractivity contribution in [1.82, 2.24) is 20.2 Å². The Morgan fingerprint density at radius 2 is 2.44 bits per heavy atom. The smallest absolute Gasteiger partial charge is 0.218 e. The molecule has 0 unspecified atom stereocenters. The average molecular weight is 267 g/mol. The average Bonchev–Trinajstić information content (AvgIpc) is 2.94. The molecule has 2 aromatic heterocycles. The molecule has 96 valence electrons. The fraction of sp³-hybridized carbons (Fsp3) is 0.300. The van der Waals surface area contributed by atoms with E-state index in [4.69, 9.17) is 10.3 Å². The number of carbonyl (C=O) groups excluding carboxylic acids is 1. The number of nitrogens with one attached hydrogen (secondary N) is 1. The van der Waals surface area contributed by atoms with E-state index in [1.807, 2.05) is 0 Å². The Morgan fingerprint density at radius 1 is 1.61 bits per heavy atom. The van der Waals surface area contributed by atoms with Crippen LogP contribution in [-0.4, -0.2) is 33.1 Å². The van der Waals surface area contributed by atoms with Crippen LogP contribution in [0, 0.1) is 0 Å². The molecule has 0 aliphatic heterocycles. The van der Waals surface area contributed by atoms with Gasteiger partial charge in [-0.3, -0.25) is 4.79 Å². The molecule has 0 saturated heterocycles. The standard InChI is InChI=1S/C10H13N5O2S/c1-7(16)12-4-6-18-10-14-13-9(15(10)11)8-3-2-5-17-8/h2-3,5H,4,6,11H2,1H3,(H,12,16). The van der Waals surface area contributed by atoms with E-state index in [0.717, 1.165) is 0 Å². The first-order chi connectivity index (χ1) is 8.68. The molecular weight excluding hydrogens is 254 g/mol. The zero-order valence-corrected chi connectivity index (χ0v) is 10.6. The molecule has 0 radical (unpaired) electrons. The zero-order valence-electron chi connectivity index (χ0n) is 9.79. The van der Waals surface area contributed by atoms with Gasteiger partial charge < -0.3 is 15.6 Å². The second-order valence-corrected chi connectivity index (χ2v) is 4.55. The zero-order chi connectivity index (χ0) is 13.0. The summed E-state index contributed by atoms with van der Waals surface area (Å²) < 4.78 is 6.57. The van der Waals surface area contributed by atoms with Crippen LogP contribution in [0.15, 0.2) is 28.0 Å². The molecule has 0 atom stereocenters. The minimum absolute atomic E-state index is 0.0545. The van der Waals surface area contributed by atoms with Gasteiger partial charge in [0.05, 0.1) is 6.26 Å². The molecule has 0 aromatic carbocycles. The van der Waals surface area contributed by atoms with Crippen LogP contribution in [0.5, 0.6) is 0 Å². The number of rotatable bonds is 5. The summed E-state index contributed by atoms with van der Waals surface area (Å²) in [5.74, 6) is 7.52. The van der Waals surface area contributed by atoms with Gasteiger partial charge in [-0.1, -0.05) is 11.8 Å². The van der Waals surface area contributed by atoms with Crippen LogP contribution in [0.3, 0.4) is 0 Å². The highest BCUT2D eigenvalue weighted by Crippen LogP contribution is 2.21. The summed E-state index contributed by atoms with van der Waals surface area (Å²) in [6, 6.07) is 3.52. The lowest BCUT2D eigenvalue weighted by molar-refractivity contribution is -0.118. The Bertz CT molecular complexity index is 522. The van der Waals surface area contributed by atoms with Crippen molar-refractivity contribution in [1.29, 1.82) is 0 Å². The lowest BCUT2D eigenvalue weighted by atomic mass is 10.4. The first-order valence-corrected chi connectivity index (χ1v) is 6.28. The third-order valence-corrected chi connectivity index (χ3v) is 3.06. The Kier molecular flexibility index (Phi) is 3.88.